The molecule has 0 bridgehead atoms. The lowest BCUT2D eigenvalue weighted by Gasteiger charge is -2.06. The topological polar surface area (TPSA) is 72.0 Å². The first-order valence-corrected chi connectivity index (χ1v) is 8.61. The monoisotopic (exact) mass is 401 g/mol. The summed E-state index contributed by atoms with van der Waals surface area (Å²) in [7, 11) is -3.75. The number of aryl methyl sites for hydroxylation is 1. The Labute approximate surface area is 132 Å². The van der Waals surface area contributed by atoms with E-state index in [1.54, 1.807) is 13.0 Å². The van der Waals surface area contributed by atoms with Gasteiger partial charge in [0.1, 0.15) is 15.6 Å². The van der Waals surface area contributed by atoms with E-state index in [9.17, 15) is 8.42 Å². The van der Waals surface area contributed by atoms with Crippen LogP contribution in [0, 0.1) is 6.92 Å². The molecule has 0 atom stereocenters. The Kier molecular flexibility index (Phi) is 4.36. The third-order valence-corrected chi connectivity index (χ3v) is 6.77. The number of sulfonamides is 1. The Morgan fingerprint density at radius 2 is 2.05 bits per heavy atom. The van der Waals surface area contributed by atoms with Crippen molar-refractivity contribution in [2.75, 3.05) is 4.72 Å². The van der Waals surface area contributed by atoms with E-state index in [4.69, 9.17) is 23.2 Å². The fraction of sp³-hybridized carbons (Fsp3) is 0.111. The van der Waals surface area contributed by atoms with E-state index < -0.39 is 10.0 Å². The smallest absolute Gasteiger partial charge is 0.261 e. The first-order chi connectivity index (χ1) is 8.81. The first-order valence-electron chi connectivity index (χ1n) is 4.76. The van der Waals surface area contributed by atoms with Gasteiger partial charge in [-0.2, -0.15) is 0 Å². The third kappa shape index (κ3) is 3.19. The fourth-order valence-electron chi connectivity index (χ4n) is 1.16. The Hall–Kier alpha value is -0.410. The molecule has 19 heavy (non-hydrogen) atoms. The summed E-state index contributed by atoms with van der Waals surface area (Å²) in [6.45, 7) is 1.80. The molecule has 5 nitrogen and oxygen atoms in total. The van der Waals surface area contributed by atoms with Crippen molar-refractivity contribution < 1.29 is 8.42 Å². The number of thiophene rings is 1. The maximum absolute atomic E-state index is 12.1. The molecule has 0 unspecified atom stereocenters. The molecule has 0 radical (unpaired) electrons. The van der Waals surface area contributed by atoms with Gasteiger partial charge in [-0.15, -0.1) is 11.3 Å². The van der Waals surface area contributed by atoms with Gasteiger partial charge in [-0.25, -0.2) is 18.4 Å². The van der Waals surface area contributed by atoms with E-state index in [-0.39, 0.29) is 20.2 Å². The number of nitrogens with one attached hydrogen (secondary N) is 1. The minimum Gasteiger partial charge on any atom is -0.261 e. The molecular formula is C9H6BrCl2N3O2S2. The van der Waals surface area contributed by atoms with E-state index in [1.165, 1.54) is 0 Å². The van der Waals surface area contributed by atoms with Gasteiger partial charge in [-0.05, 0) is 34.5 Å². The minimum atomic E-state index is -3.75. The zero-order valence-corrected chi connectivity index (χ0v) is 14.0. The lowest BCUT2D eigenvalue weighted by atomic mass is 10.4. The van der Waals surface area contributed by atoms with Crippen molar-refractivity contribution in [3.05, 3.63) is 31.9 Å². The van der Waals surface area contributed by atoms with Crippen LogP contribution < -0.4 is 4.72 Å². The molecular weight excluding hydrogens is 397 g/mol. The Morgan fingerprint density at radius 1 is 1.37 bits per heavy atom. The van der Waals surface area contributed by atoms with Gasteiger partial charge in [0, 0.05) is 0 Å². The molecule has 0 aliphatic carbocycles. The van der Waals surface area contributed by atoms with Gasteiger partial charge in [0.15, 0.2) is 11.0 Å². The summed E-state index contributed by atoms with van der Waals surface area (Å²) in [6.07, 6.45) is 1.13. The van der Waals surface area contributed by atoms with Crippen LogP contribution in [0.25, 0.3) is 0 Å². The Morgan fingerprint density at radius 3 is 2.63 bits per heavy atom. The molecule has 102 valence electrons. The standard InChI is InChI=1S/C9H6BrCl2N3O2S2/c1-4-2-5(18-7(4)10)19(16,17)15-9-6(11)8(12)13-3-14-9/h2-3H,1H3,(H,13,14,15). The molecule has 0 amide bonds. The van der Waals surface area contributed by atoms with Crippen LogP contribution in [0.3, 0.4) is 0 Å². The van der Waals surface area contributed by atoms with Crippen molar-refractivity contribution in [2.45, 2.75) is 11.1 Å². The van der Waals surface area contributed by atoms with Gasteiger partial charge < -0.3 is 0 Å². The second-order valence-electron chi connectivity index (χ2n) is 3.45. The summed E-state index contributed by atoms with van der Waals surface area (Å²) in [5, 5.41) is -0.0574. The van der Waals surface area contributed by atoms with Gasteiger partial charge >= 0.3 is 0 Å². The quantitative estimate of drug-likeness (QED) is 0.794. The number of nitrogens with zero attached hydrogens (tertiary/aromatic N) is 2. The lowest BCUT2D eigenvalue weighted by Crippen LogP contribution is -2.13. The molecule has 0 saturated heterocycles. The number of aromatic nitrogens is 2. The second-order valence-corrected chi connectivity index (χ2v) is 8.47. The fourth-order valence-corrected chi connectivity index (χ4v) is 4.74. The zero-order valence-electron chi connectivity index (χ0n) is 9.32. The average Bonchev–Trinajstić information content (AvgIpc) is 2.66. The summed E-state index contributed by atoms with van der Waals surface area (Å²) in [6, 6.07) is 1.55. The summed E-state index contributed by atoms with van der Waals surface area (Å²) in [4.78, 5) is 7.40. The third-order valence-electron chi connectivity index (χ3n) is 2.08. The van der Waals surface area contributed by atoms with E-state index >= 15 is 0 Å². The molecule has 2 heterocycles. The zero-order chi connectivity index (χ0) is 14.2. The second kappa shape index (κ2) is 5.53. The van der Waals surface area contributed by atoms with Gasteiger partial charge in [-0.1, -0.05) is 23.2 Å². The van der Waals surface area contributed by atoms with E-state index in [2.05, 4.69) is 30.6 Å². The van der Waals surface area contributed by atoms with Crippen molar-refractivity contribution >= 4 is 66.3 Å². The number of hydrogen-bond donors (Lipinski definition) is 1. The lowest BCUT2D eigenvalue weighted by molar-refractivity contribution is 0.603. The Balaban J connectivity index is 2.39. The molecule has 2 rings (SSSR count). The van der Waals surface area contributed by atoms with Crippen LogP contribution in [-0.4, -0.2) is 18.4 Å². The van der Waals surface area contributed by atoms with Gasteiger partial charge in [-0.3, -0.25) is 4.72 Å². The maximum Gasteiger partial charge on any atom is 0.272 e. The van der Waals surface area contributed by atoms with Crippen LogP contribution in [0.5, 0.6) is 0 Å². The van der Waals surface area contributed by atoms with Crippen LogP contribution >= 0.6 is 50.5 Å². The van der Waals surface area contributed by atoms with Gasteiger partial charge in [0.2, 0.25) is 0 Å². The van der Waals surface area contributed by atoms with E-state index in [0.717, 1.165) is 27.0 Å². The molecule has 0 fully saturated rings. The summed E-state index contributed by atoms with van der Waals surface area (Å²) >= 11 is 15.9. The van der Waals surface area contributed by atoms with Crippen molar-refractivity contribution in [1.29, 1.82) is 0 Å². The molecule has 0 aliphatic heterocycles. The molecule has 2 aromatic rings. The summed E-state index contributed by atoms with van der Waals surface area (Å²) in [5.74, 6) is -0.0520. The van der Waals surface area contributed by atoms with Gasteiger partial charge in [0.05, 0.1) is 3.79 Å². The van der Waals surface area contributed by atoms with Crippen LogP contribution in [0.15, 0.2) is 20.4 Å². The van der Waals surface area contributed by atoms with E-state index in [0.29, 0.717) is 0 Å². The molecule has 0 aromatic carbocycles. The summed E-state index contributed by atoms with van der Waals surface area (Å²) < 4.78 is 27.5. The normalized spacial score (nSPS) is 11.6. The molecule has 10 heteroatoms. The predicted molar refractivity (Wildman–Crippen MR) is 79.6 cm³/mol. The molecule has 0 spiro atoms. The van der Waals surface area contributed by atoms with Gasteiger partial charge in [0.25, 0.3) is 10.0 Å². The summed E-state index contributed by atoms with van der Waals surface area (Å²) in [5.41, 5.74) is 0.831. The predicted octanol–water partition coefficient (Wildman–Crippen LogP) is 3.72. The van der Waals surface area contributed by atoms with E-state index in [1.807, 2.05) is 0 Å². The van der Waals surface area contributed by atoms with Crippen LogP contribution in [0.2, 0.25) is 10.2 Å². The average molecular weight is 403 g/mol. The molecule has 1 N–H and O–H groups in total. The SMILES string of the molecule is Cc1cc(S(=O)(=O)Nc2ncnc(Cl)c2Cl)sc1Br. The number of halogens is 3. The number of hydrogen-bond acceptors (Lipinski definition) is 5. The van der Waals surface area contributed by atoms with Crippen molar-refractivity contribution in [1.82, 2.24) is 9.97 Å². The van der Waals surface area contributed by atoms with Crippen molar-refractivity contribution in [3.8, 4) is 0 Å². The highest BCUT2D eigenvalue weighted by molar-refractivity contribution is 9.11. The molecule has 2 aromatic heterocycles. The van der Waals surface area contributed by atoms with Crippen LogP contribution in [0.1, 0.15) is 5.56 Å². The van der Waals surface area contributed by atoms with Crippen molar-refractivity contribution in [3.63, 3.8) is 0 Å². The minimum absolute atomic E-state index is 0.0158. The van der Waals surface area contributed by atoms with Crippen molar-refractivity contribution in [2.24, 2.45) is 0 Å². The first kappa shape index (κ1) is 15.0. The highest BCUT2D eigenvalue weighted by atomic mass is 79.9. The molecule has 0 saturated carbocycles. The molecule has 0 aliphatic rings. The maximum atomic E-state index is 12.1. The Bertz CT molecular complexity index is 714. The number of anilines is 1. The highest BCUT2D eigenvalue weighted by Gasteiger charge is 2.21. The van der Waals surface area contributed by atoms with Crippen LogP contribution in [0.4, 0.5) is 5.82 Å². The largest absolute Gasteiger partial charge is 0.272 e. The number of rotatable bonds is 3. The highest BCUT2D eigenvalue weighted by Crippen LogP contribution is 2.33. The van der Waals surface area contributed by atoms with Crippen LogP contribution in [-0.2, 0) is 10.0 Å².